The minimum absolute atomic E-state index is 0.00399. The quantitative estimate of drug-likeness (QED) is 0.750. The first kappa shape index (κ1) is 19.6. The maximum atomic E-state index is 12.3. The molecule has 0 fully saturated rings. The van der Waals surface area contributed by atoms with E-state index in [0.29, 0.717) is 23.7 Å². The van der Waals surface area contributed by atoms with Gasteiger partial charge in [0.05, 0.1) is 21.3 Å². The Balaban J connectivity index is 2.24. The normalized spacial score (nSPS) is 12.0. The van der Waals surface area contributed by atoms with E-state index in [9.17, 15) is 13.9 Å². The molecule has 1 N–H and O–H groups in total. The zero-order valence-corrected chi connectivity index (χ0v) is 15.1. The summed E-state index contributed by atoms with van der Waals surface area (Å²) in [5.41, 5.74) is 1.73. The molecular weight excluding hydrogens is 346 g/mol. The Labute approximate surface area is 151 Å². The monoisotopic (exact) mass is 368 g/mol. The van der Waals surface area contributed by atoms with Gasteiger partial charge in [-0.25, -0.2) is 0 Å². The molecule has 2 rings (SSSR count). The van der Waals surface area contributed by atoms with Gasteiger partial charge in [0.15, 0.2) is 23.0 Å². The number of rotatable bonds is 8. The van der Waals surface area contributed by atoms with Crippen molar-refractivity contribution in [1.82, 2.24) is 0 Å². The largest absolute Gasteiger partial charge is 0.504 e. The van der Waals surface area contributed by atoms with Crippen LogP contribution in [0.5, 0.6) is 28.7 Å². The maximum Gasteiger partial charge on any atom is 0.387 e. The van der Waals surface area contributed by atoms with Crippen molar-refractivity contribution in [2.45, 2.75) is 25.9 Å². The van der Waals surface area contributed by atoms with E-state index in [1.807, 2.05) is 19.1 Å². The smallest absolute Gasteiger partial charge is 0.387 e. The highest BCUT2D eigenvalue weighted by Crippen LogP contribution is 2.39. The van der Waals surface area contributed by atoms with Crippen LogP contribution in [0.2, 0.25) is 0 Å². The van der Waals surface area contributed by atoms with Crippen LogP contribution in [-0.4, -0.2) is 33.0 Å². The summed E-state index contributed by atoms with van der Waals surface area (Å²) in [6.07, 6.45) is 0.616. The Hall–Kier alpha value is -2.70. The molecule has 0 radical (unpaired) electrons. The highest BCUT2D eigenvalue weighted by atomic mass is 19.3. The van der Waals surface area contributed by atoms with Crippen molar-refractivity contribution in [3.63, 3.8) is 0 Å². The number of phenols is 1. The Morgan fingerprint density at radius 1 is 0.923 bits per heavy atom. The number of ether oxygens (including phenoxy) is 4. The van der Waals surface area contributed by atoms with E-state index < -0.39 is 6.61 Å². The van der Waals surface area contributed by atoms with Crippen LogP contribution in [0, 0.1) is 0 Å². The summed E-state index contributed by atoms with van der Waals surface area (Å²) in [5.74, 6) is 1.06. The van der Waals surface area contributed by atoms with Gasteiger partial charge in [0.25, 0.3) is 0 Å². The molecule has 0 aliphatic rings. The van der Waals surface area contributed by atoms with Gasteiger partial charge in [0.2, 0.25) is 5.75 Å². The number of halogens is 2. The number of hydrogen-bond acceptors (Lipinski definition) is 5. The second kappa shape index (κ2) is 8.60. The summed E-state index contributed by atoms with van der Waals surface area (Å²) in [6, 6.07) is 8.13. The molecule has 0 saturated carbocycles. The molecule has 0 saturated heterocycles. The van der Waals surface area contributed by atoms with E-state index in [2.05, 4.69) is 4.74 Å². The third kappa shape index (κ3) is 4.47. The van der Waals surface area contributed by atoms with Crippen molar-refractivity contribution >= 4 is 0 Å². The fourth-order valence-electron chi connectivity index (χ4n) is 2.76. The first-order valence-electron chi connectivity index (χ1n) is 7.96. The molecule has 142 valence electrons. The summed E-state index contributed by atoms with van der Waals surface area (Å²) in [7, 11) is 4.63. The van der Waals surface area contributed by atoms with Gasteiger partial charge in [0, 0.05) is 0 Å². The summed E-state index contributed by atoms with van der Waals surface area (Å²) in [5, 5.41) is 9.87. The Kier molecular flexibility index (Phi) is 6.49. The minimum atomic E-state index is -2.98. The van der Waals surface area contributed by atoms with Crippen molar-refractivity contribution in [3.05, 3.63) is 41.5 Å². The average molecular weight is 368 g/mol. The van der Waals surface area contributed by atoms with Crippen LogP contribution in [-0.2, 0) is 6.42 Å². The SMILES string of the molecule is COc1cc(C[C@@H](C)c2ccc(OC(F)F)c(O)c2)cc(OC)c1OC. The summed E-state index contributed by atoms with van der Waals surface area (Å²) in [4.78, 5) is 0. The van der Waals surface area contributed by atoms with E-state index in [-0.39, 0.29) is 17.4 Å². The molecule has 2 aromatic rings. The molecule has 0 heterocycles. The molecule has 2 aromatic carbocycles. The topological polar surface area (TPSA) is 57.2 Å². The number of phenolic OH excluding ortho intramolecular Hbond substituents is 1. The van der Waals surface area contributed by atoms with Crippen LogP contribution in [0.4, 0.5) is 8.78 Å². The predicted octanol–water partition coefficient (Wildman–Crippen LogP) is 4.37. The van der Waals surface area contributed by atoms with Gasteiger partial charge < -0.3 is 24.1 Å². The van der Waals surface area contributed by atoms with Crippen molar-refractivity contribution in [2.24, 2.45) is 0 Å². The van der Waals surface area contributed by atoms with Gasteiger partial charge in [0.1, 0.15) is 0 Å². The van der Waals surface area contributed by atoms with Crippen molar-refractivity contribution in [1.29, 1.82) is 0 Å². The third-order valence-electron chi connectivity index (χ3n) is 4.03. The fraction of sp³-hybridized carbons (Fsp3) is 0.368. The van der Waals surface area contributed by atoms with Crippen LogP contribution < -0.4 is 18.9 Å². The zero-order valence-electron chi connectivity index (χ0n) is 15.1. The molecule has 0 aliphatic heterocycles. The molecule has 0 bridgehead atoms. The molecular formula is C19H22F2O5. The maximum absolute atomic E-state index is 12.3. The van der Waals surface area contributed by atoms with Crippen molar-refractivity contribution in [2.75, 3.05) is 21.3 Å². The highest BCUT2D eigenvalue weighted by molar-refractivity contribution is 5.54. The Bertz CT molecular complexity index is 724. The van der Waals surface area contributed by atoms with Crippen molar-refractivity contribution < 1.29 is 32.8 Å². The van der Waals surface area contributed by atoms with Crippen LogP contribution in [0.15, 0.2) is 30.3 Å². The minimum Gasteiger partial charge on any atom is -0.504 e. The van der Waals surface area contributed by atoms with Gasteiger partial charge in [-0.1, -0.05) is 13.0 Å². The molecule has 0 spiro atoms. The van der Waals surface area contributed by atoms with Gasteiger partial charge in [-0.3, -0.25) is 0 Å². The van der Waals surface area contributed by atoms with E-state index in [1.54, 1.807) is 20.3 Å². The molecule has 7 heteroatoms. The summed E-state index contributed by atoms with van der Waals surface area (Å²) in [6.45, 7) is -1.02. The lowest BCUT2D eigenvalue weighted by Crippen LogP contribution is -2.04. The zero-order chi connectivity index (χ0) is 19.3. The number of methoxy groups -OCH3 is 3. The highest BCUT2D eigenvalue weighted by Gasteiger charge is 2.17. The van der Waals surface area contributed by atoms with E-state index in [1.165, 1.54) is 19.2 Å². The van der Waals surface area contributed by atoms with E-state index in [0.717, 1.165) is 11.1 Å². The Morgan fingerprint density at radius 3 is 2.00 bits per heavy atom. The van der Waals surface area contributed by atoms with Gasteiger partial charge >= 0.3 is 6.61 Å². The molecule has 0 aromatic heterocycles. The lowest BCUT2D eigenvalue weighted by molar-refractivity contribution is -0.0512. The summed E-state index contributed by atoms with van der Waals surface area (Å²) < 4.78 is 44.8. The van der Waals surface area contributed by atoms with Gasteiger partial charge in [-0.15, -0.1) is 0 Å². The van der Waals surface area contributed by atoms with Gasteiger partial charge in [-0.2, -0.15) is 8.78 Å². The molecule has 0 aliphatic carbocycles. The lowest BCUT2D eigenvalue weighted by atomic mass is 9.93. The third-order valence-corrected chi connectivity index (χ3v) is 4.03. The van der Waals surface area contributed by atoms with Crippen LogP contribution in [0.1, 0.15) is 24.0 Å². The average Bonchev–Trinajstić information content (AvgIpc) is 2.61. The first-order chi connectivity index (χ1) is 12.4. The fourth-order valence-corrected chi connectivity index (χ4v) is 2.76. The molecule has 26 heavy (non-hydrogen) atoms. The predicted molar refractivity (Wildman–Crippen MR) is 93.0 cm³/mol. The number of hydrogen-bond donors (Lipinski definition) is 1. The molecule has 0 unspecified atom stereocenters. The molecule has 0 amide bonds. The van der Waals surface area contributed by atoms with E-state index in [4.69, 9.17) is 14.2 Å². The van der Waals surface area contributed by atoms with Crippen LogP contribution >= 0.6 is 0 Å². The van der Waals surface area contributed by atoms with Crippen molar-refractivity contribution in [3.8, 4) is 28.7 Å². The summed E-state index contributed by atoms with van der Waals surface area (Å²) >= 11 is 0. The lowest BCUT2D eigenvalue weighted by Gasteiger charge is -2.17. The Morgan fingerprint density at radius 2 is 1.54 bits per heavy atom. The molecule has 1 atom stereocenters. The number of aromatic hydroxyl groups is 1. The number of benzene rings is 2. The first-order valence-corrected chi connectivity index (χ1v) is 7.96. The standard InChI is InChI=1S/C19H22F2O5/c1-11(13-5-6-15(14(22)10-13)26-19(20)21)7-12-8-16(23-2)18(25-4)17(9-12)24-3/h5-6,8-11,19,22H,7H2,1-4H3/t11-/m1/s1. The van der Waals surface area contributed by atoms with Gasteiger partial charge in [-0.05, 0) is 47.7 Å². The van der Waals surface area contributed by atoms with Crippen LogP contribution in [0.25, 0.3) is 0 Å². The second-order valence-corrected chi connectivity index (χ2v) is 5.74. The number of alkyl halides is 2. The molecule has 5 nitrogen and oxygen atoms in total. The second-order valence-electron chi connectivity index (χ2n) is 5.74. The van der Waals surface area contributed by atoms with E-state index >= 15 is 0 Å². The van der Waals surface area contributed by atoms with Crippen LogP contribution in [0.3, 0.4) is 0 Å².